The molecule has 2 aromatic carbocycles. The van der Waals surface area contributed by atoms with Crippen molar-refractivity contribution in [2.45, 2.75) is 26.2 Å². The number of allylic oxidation sites excluding steroid dienone is 4. The van der Waals surface area contributed by atoms with Crippen molar-refractivity contribution in [2.75, 3.05) is 7.11 Å². The van der Waals surface area contributed by atoms with Gasteiger partial charge in [-0.1, -0.05) is 30.3 Å². The van der Waals surface area contributed by atoms with E-state index in [1.165, 1.54) is 5.56 Å². The van der Waals surface area contributed by atoms with Gasteiger partial charge in [-0.25, -0.2) is 0 Å². The number of carbonyl (C=O) groups is 1. The van der Waals surface area contributed by atoms with Gasteiger partial charge in [0.2, 0.25) is 0 Å². The van der Waals surface area contributed by atoms with Gasteiger partial charge >= 0.3 is 0 Å². The van der Waals surface area contributed by atoms with Crippen LogP contribution in [0, 0.1) is 11.3 Å². The number of methoxy groups -OCH3 is 1. The Hall–Kier alpha value is -3.12. The van der Waals surface area contributed by atoms with Gasteiger partial charge in [-0.3, -0.25) is 4.79 Å². The van der Waals surface area contributed by atoms with Gasteiger partial charge in [-0.2, -0.15) is 5.26 Å². The summed E-state index contributed by atoms with van der Waals surface area (Å²) in [5, 5.41) is 9.10. The number of hydrogen-bond acceptors (Lipinski definition) is 3. The summed E-state index contributed by atoms with van der Waals surface area (Å²) in [6.07, 6.45) is 4.15. The van der Waals surface area contributed by atoms with Crippen LogP contribution in [0.3, 0.4) is 0 Å². The lowest BCUT2D eigenvalue weighted by molar-refractivity contribution is -0.114. The lowest BCUT2D eigenvalue weighted by Crippen LogP contribution is -2.10. The second-order valence-corrected chi connectivity index (χ2v) is 6.46. The molecule has 3 rings (SSSR count). The molecular weight excluding hydrogens is 322 g/mol. The van der Waals surface area contributed by atoms with Crippen LogP contribution < -0.4 is 4.74 Å². The highest BCUT2D eigenvalue weighted by atomic mass is 16.5. The lowest BCUT2D eigenvalue weighted by atomic mass is 9.86. The van der Waals surface area contributed by atoms with E-state index in [2.05, 4.69) is 18.2 Å². The summed E-state index contributed by atoms with van der Waals surface area (Å²) in [5.74, 6) is 1.00. The largest absolute Gasteiger partial charge is 0.497 e. The van der Waals surface area contributed by atoms with Crippen LogP contribution in [0.2, 0.25) is 0 Å². The fourth-order valence-corrected chi connectivity index (χ4v) is 3.19. The summed E-state index contributed by atoms with van der Waals surface area (Å²) in [5.41, 5.74) is 5.64. The summed E-state index contributed by atoms with van der Waals surface area (Å²) < 4.78 is 5.28. The van der Waals surface area contributed by atoms with Gasteiger partial charge in [0.25, 0.3) is 0 Å². The van der Waals surface area contributed by atoms with Crippen LogP contribution in [-0.4, -0.2) is 12.9 Å². The number of ketones is 1. The number of nitriles is 1. The van der Waals surface area contributed by atoms with Crippen LogP contribution in [-0.2, 0) is 11.2 Å². The minimum Gasteiger partial charge on any atom is -0.497 e. The predicted octanol–water partition coefficient (Wildman–Crippen LogP) is 4.87. The number of ether oxygens (including phenoxy) is 1. The van der Waals surface area contributed by atoms with Crippen molar-refractivity contribution in [3.05, 3.63) is 82.4 Å². The van der Waals surface area contributed by atoms with Gasteiger partial charge in [-0.05, 0) is 71.9 Å². The van der Waals surface area contributed by atoms with Gasteiger partial charge in [0, 0.05) is 6.42 Å². The normalized spacial score (nSPS) is 14.0. The van der Waals surface area contributed by atoms with E-state index < -0.39 is 0 Å². The molecule has 3 heteroatoms. The van der Waals surface area contributed by atoms with Crippen molar-refractivity contribution in [3.63, 3.8) is 0 Å². The first-order valence-electron chi connectivity index (χ1n) is 8.67. The Labute approximate surface area is 154 Å². The summed E-state index contributed by atoms with van der Waals surface area (Å²) in [4.78, 5) is 12.5. The van der Waals surface area contributed by atoms with E-state index in [9.17, 15) is 4.79 Å². The van der Waals surface area contributed by atoms with Crippen molar-refractivity contribution in [2.24, 2.45) is 0 Å². The summed E-state index contributed by atoms with van der Waals surface area (Å²) in [7, 11) is 1.66. The summed E-state index contributed by atoms with van der Waals surface area (Å²) in [6.45, 7) is 1.90. The number of hydrogen-bond donors (Lipinski definition) is 0. The number of carbonyl (C=O) groups excluding carboxylic acids is 1. The molecule has 0 bridgehead atoms. The van der Waals surface area contributed by atoms with Crippen LogP contribution in [0.4, 0.5) is 0 Å². The van der Waals surface area contributed by atoms with E-state index in [1.54, 1.807) is 13.2 Å². The molecule has 26 heavy (non-hydrogen) atoms. The third kappa shape index (κ3) is 3.92. The molecule has 3 nitrogen and oxygen atoms in total. The Balaban J connectivity index is 1.84. The third-order valence-corrected chi connectivity index (χ3v) is 4.78. The van der Waals surface area contributed by atoms with Gasteiger partial charge in [0.05, 0.1) is 18.7 Å². The molecule has 0 atom stereocenters. The molecule has 130 valence electrons. The number of Topliss-reactive ketones (excluding diaryl/α,β-unsaturated/α-hetero) is 1. The zero-order valence-electron chi connectivity index (χ0n) is 15.1. The number of rotatable bonds is 5. The van der Waals surface area contributed by atoms with Crippen molar-refractivity contribution in [1.29, 1.82) is 5.26 Å². The fourth-order valence-electron chi connectivity index (χ4n) is 3.19. The lowest BCUT2D eigenvalue weighted by Gasteiger charge is -2.18. The van der Waals surface area contributed by atoms with Crippen LogP contribution in [0.25, 0.3) is 5.57 Å². The topological polar surface area (TPSA) is 50.1 Å². The number of benzene rings is 2. The maximum atomic E-state index is 12.5. The molecule has 2 aromatic rings. The first-order chi connectivity index (χ1) is 12.6. The third-order valence-electron chi connectivity index (χ3n) is 4.78. The zero-order valence-corrected chi connectivity index (χ0v) is 15.1. The molecule has 0 aromatic heterocycles. The van der Waals surface area contributed by atoms with E-state index >= 15 is 0 Å². The average Bonchev–Trinajstić information content (AvgIpc) is 2.69. The Bertz CT molecular complexity index is 945. The van der Waals surface area contributed by atoms with Gasteiger partial charge < -0.3 is 4.74 Å². The summed E-state index contributed by atoms with van der Waals surface area (Å²) >= 11 is 0. The Morgan fingerprint density at radius 3 is 2.69 bits per heavy atom. The molecule has 0 radical (unpaired) electrons. The Morgan fingerprint density at radius 1 is 1.12 bits per heavy atom. The molecule has 0 spiro atoms. The monoisotopic (exact) mass is 343 g/mol. The maximum Gasteiger partial charge on any atom is 0.163 e. The second-order valence-electron chi connectivity index (χ2n) is 6.46. The first-order valence-corrected chi connectivity index (χ1v) is 8.67. The van der Waals surface area contributed by atoms with Crippen molar-refractivity contribution in [1.82, 2.24) is 0 Å². The smallest absolute Gasteiger partial charge is 0.163 e. The van der Waals surface area contributed by atoms with Gasteiger partial charge in [0.15, 0.2) is 5.78 Å². The highest BCUT2D eigenvalue weighted by Gasteiger charge is 2.19. The van der Waals surface area contributed by atoms with Crippen LogP contribution in [0.1, 0.15) is 36.5 Å². The molecule has 0 saturated carbocycles. The number of aryl methyl sites for hydroxylation is 1. The standard InChI is InChI=1S/C23H21NO2/c1-16-19(10-9-17-5-4-8-22(12-17)26-2)13-21(14-23(16)25)20-7-3-6-18(11-20)15-24/h3-8,11-13H,9-10,14H2,1-2H3. The molecule has 0 aliphatic heterocycles. The van der Waals surface area contributed by atoms with E-state index in [-0.39, 0.29) is 5.78 Å². The minimum absolute atomic E-state index is 0.158. The molecule has 1 aliphatic carbocycles. The maximum absolute atomic E-state index is 12.5. The number of nitrogens with zero attached hydrogens (tertiary/aromatic N) is 1. The molecule has 1 aliphatic rings. The zero-order chi connectivity index (χ0) is 18.5. The highest BCUT2D eigenvalue weighted by molar-refractivity contribution is 6.05. The molecule has 0 fully saturated rings. The summed E-state index contributed by atoms with van der Waals surface area (Å²) in [6, 6.07) is 17.6. The van der Waals surface area contributed by atoms with E-state index in [0.717, 1.165) is 40.9 Å². The fraction of sp³-hybridized carbons (Fsp3) is 0.217. The quantitative estimate of drug-likeness (QED) is 0.778. The van der Waals surface area contributed by atoms with E-state index in [4.69, 9.17) is 10.00 Å². The molecule has 0 N–H and O–H groups in total. The SMILES string of the molecule is COc1cccc(CCC2=C(C)C(=O)CC(c3cccc(C#N)c3)=C2)c1. The molecule has 0 unspecified atom stereocenters. The second kappa shape index (κ2) is 7.84. The van der Waals surface area contributed by atoms with Crippen LogP contribution in [0.5, 0.6) is 5.75 Å². The van der Waals surface area contributed by atoms with Crippen LogP contribution >= 0.6 is 0 Å². The van der Waals surface area contributed by atoms with E-state index in [0.29, 0.717) is 12.0 Å². The van der Waals surface area contributed by atoms with Crippen molar-refractivity contribution < 1.29 is 9.53 Å². The average molecular weight is 343 g/mol. The first kappa shape index (κ1) is 17.7. The Kier molecular flexibility index (Phi) is 5.34. The Morgan fingerprint density at radius 2 is 1.92 bits per heavy atom. The molecule has 0 heterocycles. The van der Waals surface area contributed by atoms with Crippen molar-refractivity contribution >= 4 is 11.4 Å². The van der Waals surface area contributed by atoms with Crippen LogP contribution in [0.15, 0.2) is 65.8 Å². The highest BCUT2D eigenvalue weighted by Crippen LogP contribution is 2.31. The predicted molar refractivity (Wildman–Crippen MR) is 103 cm³/mol. The van der Waals surface area contributed by atoms with Crippen molar-refractivity contribution in [3.8, 4) is 11.8 Å². The van der Waals surface area contributed by atoms with Gasteiger partial charge in [0.1, 0.15) is 5.75 Å². The molecule has 0 saturated heterocycles. The van der Waals surface area contributed by atoms with Gasteiger partial charge in [-0.15, -0.1) is 0 Å². The molecular formula is C23H21NO2. The van der Waals surface area contributed by atoms with E-state index in [1.807, 2.05) is 43.3 Å². The minimum atomic E-state index is 0.158. The molecule has 0 amide bonds.